The van der Waals surface area contributed by atoms with Gasteiger partial charge in [-0.25, -0.2) is 0 Å². The van der Waals surface area contributed by atoms with E-state index >= 15 is 0 Å². The maximum Gasteiger partial charge on any atom is 0.0559 e. The Kier molecular flexibility index (Phi) is 36.4. The average Bonchev–Trinajstić information content (AvgIpc) is 1.93. The Bertz CT molecular complexity index is 37.4. The second-order valence-electron chi connectivity index (χ2n) is 1.46. The molecule has 0 N–H and O–H groups in total. The predicted molar refractivity (Wildman–Crippen MR) is 47.8 cm³/mol. The van der Waals surface area contributed by atoms with Crippen LogP contribution in [0.4, 0.5) is 0 Å². The van der Waals surface area contributed by atoms with Crippen molar-refractivity contribution < 1.29 is 26.0 Å². The molecule has 0 saturated heterocycles. The third kappa shape index (κ3) is 36.0. The molecule has 11 heavy (non-hydrogen) atoms. The van der Waals surface area contributed by atoms with Crippen molar-refractivity contribution in [1.82, 2.24) is 0 Å². The predicted octanol–water partition coefficient (Wildman–Crippen LogP) is 2.07. The van der Waals surface area contributed by atoms with Gasteiger partial charge < -0.3 is 9.47 Å². The van der Waals surface area contributed by atoms with Crippen LogP contribution in [0, 0.1) is 0 Å². The Hall–Kier alpha value is 0.894. The van der Waals surface area contributed by atoms with Crippen molar-refractivity contribution in [2.24, 2.45) is 0 Å². The topological polar surface area (TPSA) is 18.5 Å². The van der Waals surface area contributed by atoms with Crippen LogP contribution in [0.3, 0.4) is 0 Å². The van der Waals surface area contributed by atoms with Crippen LogP contribution in [0.25, 0.3) is 0 Å². The zero-order valence-electron chi connectivity index (χ0n) is 7.34. The van der Waals surface area contributed by atoms with E-state index in [2.05, 4.69) is 20.7 Å². The van der Waals surface area contributed by atoms with Crippen LogP contribution in [0.1, 0.15) is 13.8 Å². The Labute approximate surface area is 88.1 Å². The molecular weight excluding hydrogens is 255 g/mol. The van der Waals surface area contributed by atoms with Crippen LogP contribution in [0.15, 0.2) is 0 Å². The minimum Gasteiger partial charge on any atom is -0.384 e. The van der Waals surface area contributed by atoms with E-state index in [4.69, 9.17) is 4.74 Å². The van der Waals surface area contributed by atoms with Gasteiger partial charge in [-0.2, -0.15) is 0 Å². The minimum atomic E-state index is 0. The van der Waals surface area contributed by atoms with E-state index in [1.807, 2.05) is 13.8 Å². The third-order valence-electron chi connectivity index (χ3n) is 0.690. The minimum absolute atomic E-state index is 0. The summed E-state index contributed by atoms with van der Waals surface area (Å²) in [5, 5.41) is 0.934. The van der Waals surface area contributed by atoms with Gasteiger partial charge in [-0.15, -0.1) is 0 Å². The van der Waals surface area contributed by atoms with Gasteiger partial charge in [-0.05, 0) is 13.8 Å². The molecule has 0 atom stereocenters. The van der Waals surface area contributed by atoms with Crippen LogP contribution >= 0.6 is 15.9 Å². The van der Waals surface area contributed by atoms with Gasteiger partial charge in [-0.3, -0.25) is 0 Å². The molecular formula is C7H17BrNiO2. The van der Waals surface area contributed by atoms with Crippen molar-refractivity contribution in [2.75, 3.05) is 32.3 Å². The summed E-state index contributed by atoms with van der Waals surface area (Å²) in [5.74, 6) is 0. The molecule has 0 bridgehead atoms. The Morgan fingerprint density at radius 3 is 1.64 bits per heavy atom. The Balaban J connectivity index is -0.000000107. The molecule has 74 valence electrons. The number of rotatable bonds is 4. The summed E-state index contributed by atoms with van der Waals surface area (Å²) in [6, 6.07) is 0. The molecule has 0 aliphatic carbocycles. The second kappa shape index (κ2) is 22.4. The van der Waals surface area contributed by atoms with Gasteiger partial charge in [0.15, 0.2) is 0 Å². The number of alkyl halides is 1. The fraction of sp³-hybridized carbons (Fsp3) is 1.00. The first-order valence-corrected chi connectivity index (χ1v) is 4.58. The molecule has 0 aromatic rings. The molecule has 0 rings (SSSR count). The molecule has 0 aromatic heterocycles. The van der Waals surface area contributed by atoms with E-state index < -0.39 is 0 Å². The van der Waals surface area contributed by atoms with Gasteiger partial charge in [0.25, 0.3) is 0 Å². The summed E-state index contributed by atoms with van der Waals surface area (Å²) >= 11 is 3.18. The van der Waals surface area contributed by atoms with Gasteiger partial charge >= 0.3 is 0 Å². The van der Waals surface area contributed by atoms with Crippen LogP contribution in [-0.4, -0.2) is 32.3 Å². The van der Waals surface area contributed by atoms with E-state index in [1.165, 1.54) is 0 Å². The molecule has 0 radical (unpaired) electrons. The monoisotopic (exact) mass is 270 g/mol. The molecule has 0 fully saturated rings. The molecule has 0 heterocycles. The Morgan fingerprint density at radius 2 is 1.64 bits per heavy atom. The standard InChI is InChI=1S/C4H10O.C3H7BrO.Ni/c1-3-5-4-2;1-5-3-2-4;/h3-4H2,1-2H3;2-3H2,1H3;. The van der Waals surface area contributed by atoms with E-state index in [0.29, 0.717) is 0 Å². The van der Waals surface area contributed by atoms with E-state index in [0.717, 1.165) is 25.2 Å². The first-order valence-electron chi connectivity index (χ1n) is 3.46. The first-order chi connectivity index (χ1) is 4.83. The smallest absolute Gasteiger partial charge is 0.0559 e. The van der Waals surface area contributed by atoms with Gasteiger partial charge in [0.2, 0.25) is 0 Å². The third-order valence-corrected chi connectivity index (χ3v) is 1.01. The largest absolute Gasteiger partial charge is 0.384 e. The first kappa shape index (κ1) is 17.8. The molecule has 0 saturated carbocycles. The van der Waals surface area contributed by atoms with Gasteiger partial charge in [0.05, 0.1) is 6.61 Å². The van der Waals surface area contributed by atoms with Gasteiger partial charge in [0.1, 0.15) is 0 Å². The Morgan fingerprint density at radius 1 is 1.18 bits per heavy atom. The zero-order valence-corrected chi connectivity index (χ0v) is 9.91. The molecule has 0 spiro atoms. The second-order valence-corrected chi connectivity index (χ2v) is 2.26. The number of hydrogen-bond donors (Lipinski definition) is 0. The fourth-order valence-corrected chi connectivity index (χ4v) is 0.605. The van der Waals surface area contributed by atoms with Crippen molar-refractivity contribution >= 4 is 15.9 Å². The average molecular weight is 272 g/mol. The van der Waals surface area contributed by atoms with Crippen LogP contribution in [0.5, 0.6) is 0 Å². The zero-order chi connectivity index (χ0) is 8.24. The maximum atomic E-state index is 4.83. The number of methoxy groups -OCH3 is 1. The summed E-state index contributed by atoms with van der Waals surface area (Å²) in [7, 11) is 1.68. The molecule has 0 aliphatic heterocycles. The molecule has 2 nitrogen and oxygen atoms in total. The summed E-state index contributed by atoms with van der Waals surface area (Å²) < 4.78 is 9.48. The fourth-order valence-electron chi connectivity index (χ4n) is 0.281. The van der Waals surface area contributed by atoms with Crippen molar-refractivity contribution in [1.29, 1.82) is 0 Å². The molecule has 0 aromatic carbocycles. The van der Waals surface area contributed by atoms with Crippen molar-refractivity contribution in [3.63, 3.8) is 0 Å². The molecule has 4 heteroatoms. The number of ether oxygens (including phenoxy) is 2. The van der Waals surface area contributed by atoms with Gasteiger partial charge in [-0.1, -0.05) is 15.9 Å². The van der Waals surface area contributed by atoms with Crippen molar-refractivity contribution in [3.8, 4) is 0 Å². The van der Waals surface area contributed by atoms with Crippen molar-refractivity contribution in [3.05, 3.63) is 0 Å². The van der Waals surface area contributed by atoms with Crippen LogP contribution in [-0.2, 0) is 26.0 Å². The normalized spacial score (nSPS) is 7.64. The summed E-state index contributed by atoms with van der Waals surface area (Å²) in [6.07, 6.45) is 0. The number of hydrogen-bond acceptors (Lipinski definition) is 2. The number of halogens is 1. The quantitative estimate of drug-likeness (QED) is 0.576. The van der Waals surface area contributed by atoms with Crippen LogP contribution in [0.2, 0.25) is 0 Å². The molecule has 0 aliphatic rings. The van der Waals surface area contributed by atoms with E-state index in [9.17, 15) is 0 Å². The summed E-state index contributed by atoms with van der Waals surface area (Å²) in [5.41, 5.74) is 0. The van der Waals surface area contributed by atoms with E-state index in [-0.39, 0.29) is 16.5 Å². The molecule has 0 unspecified atom stereocenters. The van der Waals surface area contributed by atoms with Gasteiger partial charge in [0, 0.05) is 42.1 Å². The van der Waals surface area contributed by atoms with E-state index in [1.54, 1.807) is 7.11 Å². The SMILES string of the molecule is CCOCC.COCCBr.[Ni]. The van der Waals surface area contributed by atoms with Crippen molar-refractivity contribution in [2.45, 2.75) is 13.8 Å². The summed E-state index contributed by atoms with van der Waals surface area (Å²) in [6.45, 7) is 6.47. The summed E-state index contributed by atoms with van der Waals surface area (Å²) in [4.78, 5) is 0. The van der Waals surface area contributed by atoms with Crippen LogP contribution < -0.4 is 0 Å². The molecule has 0 amide bonds. The maximum absolute atomic E-state index is 4.83.